The number of amides is 1. The third-order valence-corrected chi connectivity index (χ3v) is 3.94. The van der Waals surface area contributed by atoms with Crippen molar-refractivity contribution in [2.45, 2.75) is 0 Å². The standard InChI is InChI=1S/C19H17N3O4/c1-20-15-8-4-5-11-10-14(18(24)22-16(11)15)17(23)21-13-7-3-6-12(9-13)19(25)26-2/h3-10,20H,1-2H3,(H,21,23)(H,22,24). The van der Waals surface area contributed by atoms with E-state index in [1.54, 1.807) is 31.3 Å². The monoisotopic (exact) mass is 351 g/mol. The van der Waals surface area contributed by atoms with Crippen molar-refractivity contribution in [1.29, 1.82) is 0 Å². The summed E-state index contributed by atoms with van der Waals surface area (Å²) in [6.07, 6.45) is 0. The van der Waals surface area contributed by atoms with Gasteiger partial charge in [-0.1, -0.05) is 18.2 Å². The number of pyridine rings is 1. The molecule has 1 heterocycles. The topological polar surface area (TPSA) is 100 Å². The molecule has 132 valence electrons. The zero-order chi connectivity index (χ0) is 18.7. The van der Waals surface area contributed by atoms with Gasteiger partial charge in [-0.25, -0.2) is 4.79 Å². The molecule has 0 saturated carbocycles. The summed E-state index contributed by atoms with van der Waals surface area (Å²) in [5.41, 5.74) is 1.57. The number of para-hydroxylation sites is 1. The van der Waals surface area contributed by atoms with Crippen molar-refractivity contribution >= 4 is 34.2 Å². The number of nitrogens with one attached hydrogen (secondary N) is 3. The molecule has 7 nitrogen and oxygen atoms in total. The lowest BCUT2D eigenvalue weighted by Crippen LogP contribution is -2.23. The molecule has 7 heteroatoms. The minimum atomic E-state index is -0.565. The molecule has 0 aliphatic rings. The van der Waals surface area contributed by atoms with Crippen LogP contribution in [0.3, 0.4) is 0 Å². The first-order chi connectivity index (χ1) is 12.5. The normalized spacial score (nSPS) is 10.4. The number of benzene rings is 2. The maximum atomic E-state index is 12.5. The quantitative estimate of drug-likeness (QED) is 0.627. The molecular formula is C19H17N3O4. The van der Waals surface area contributed by atoms with Crippen LogP contribution in [0, 0.1) is 0 Å². The van der Waals surface area contributed by atoms with Crippen molar-refractivity contribution in [3.8, 4) is 0 Å². The predicted molar refractivity (Wildman–Crippen MR) is 99.9 cm³/mol. The van der Waals surface area contributed by atoms with Crippen LogP contribution in [0.1, 0.15) is 20.7 Å². The smallest absolute Gasteiger partial charge is 0.337 e. The number of anilines is 2. The van der Waals surface area contributed by atoms with Crippen LogP contribution in [-0.4, -0.2) is 31.0 Å². The summed E-state index contributed by atoms with van der Waals surface area (Å²) in [5.74, 6) is -1.07. The van der Waals surface area contributed by atoms with Crippen LogP contribution in [0.4, 0.5) is 11.4 Å². The van der Waals surface area contributed by atoms with Gasteiger partial charge in [0.1, 0.15) is 5.56 Å². The number of rotatable bonds is 4. The summed E-state index contributed by atoms with van der Waals surface area (Å²) in [6, 6.07) is 13.3. The molecule has 0 bridgehead atoms. The molecule has 0 saturated heterocycles. The van der Waals surface area contributed by atoms with Gasteiger partial charge < -0.3 is 20.4 Å². The van der Waals surface area contributed by atoms with Crippen molar-refractivity contribution in [2.24, 2.45) is 0 Å². The van der Waals surface area contributed by atoms with Gasteiger partial charge in [0, 0.05) is 18.1 Å². The first-order valence-corrected chi connectivity index (χ1v) is 7.87. The number of H-pyrrole nitrogens is 1. The Morgan fingerprint density at radius 3 is 2.58 bits per heavy atom. The minimum absolute atomic E-state index is 0.0192. The van der Waals surface area contributed by atoms with Gasteiger partial charge in [0.2, 0.25) is 0 Å². The molecule has 1 amide bonds. The molecule has 0 radical (unpaired) electrons. The third-order valence-electron chi connectivity index (χ3n) is 3.94. The van der Waals surface area contributed by atoms with E-state index in [-0.39, 0.29) is 5.56 Å². The number of aromatic nitrogens is 1. The Morgan fingerprint density at radius 1 is 1.08 bits per heavy atom. The predicted octanol–water partition coefficient (Wildman–Crippen LogP) is 2.61. The number of ether oxygens (including phenoxy) is 1. The van der Waals surface area contributed by atoms with E-state index in [1.165, 1.54) is 19.2 Å². The second kappa shape index (κ2) is 7.10. The summed E-state index contributed by atoms with van der Waals surface area (Å²) < 4.78 is 4.66. The lowest BCUT2D eigenvalue weighted by Gasteiger charge is -2.09. The number of fused-ring (bicyclic) bond motifs is 1. The first kappa shape index (κ1) is 17.2. The van der Waals surface area contributed by atoms with E-state index in [1.807, 2.05) is 12.1 Å². The Balaban J connectivity index is 1.94. The summed E-state index contributed by atoms with van der Waals surface area (Å²) in [4.78, 5) is 39.2. The van der Waals surface area contributed by atoms with E-state index in [9.17, 15) is 14.4 Å². The van der Waals surface area contributed by atoms with Crippen molar-refractivity contribution < 1.29 is 14.3 Å². The summed E-state index contributed by atoms with van der Waals surface area (Å²) >= 11 is 0. The first-order valence-electron chi connectivity index (χ1n) is 7.87. The average molecular weight is 351 g/mol. The van der Waals surface area contributed by atoms with Crippen LogP contribution in [0.5, 0.6) is 0 Å². The highest BCUT2D eigenvalue weighted by atomic mass is 16.5. The zero-order valence-corrected chi connectivity index (χ0v) is 14.3. The van der Waals surface area contributed by atoms with Crippen LogP contribution in [0.15, 0.2) is 53.3 Å². The summed E-state index contributed by atoms with van der Waals surface area (Å²) in [6.45, 7) is 0. The SMILES string of the molecule is CNc1cccc2cc(C(=O)Nc3cccc(C(=O)OC)c3)c(=O)[nH]c12. The third kappa shape index (κ3) is 3.27. The number of carbonyl (C=O) groups excluding carboxylic acids is 2. The zero-order valence-electron chi connectivity index (χ0n) is 14.3. The number of aromatic amines is 1. The van der Waals surface area contributed by atoms with Crippen LogP contribution in [0.25, 0.3) is 10.9 Å². The van der Waals surface area contributed by atoms with Crippen molar-refractivity contribution in [1.82, 2.24) is 4.98 Å². The van der Waals surface area contributed by atoms with E-state index < -0.39 is 17.4 Å². The van der Waals surface area contributed by atoms with Gasteiger partial charge >= 0.3 is 5.97 Å². The van der Waals surface area contributed by atoms with E-state index in [0.717, 1.165) is 11.1 Å². The van der Waals surface area contributed by atoms with Gasteiger partial charge in [-0.3, -0.25) is 9.59 Å². The van der Waals surface area contributed by atoms with Gasteiger partial charge in [0.25, 0.3) is 11.5 Å². The van der Waals surface area contributed by atoms with Gasteiger partial charge in [0.05, 0.1) is 23.9 Å². The number of carbonyl (C=O) groups is 2. The minimum Gasteiger partial charge on any atom is -0.465 e. The van der Waals surface area contributed by atoms with Crippen molar-refractivity contribution in [2.75, 3.05) is 24.8 Å². The fourth-order valence-electron chi connectivity index (χ4n) is 2.65. The highest BCUT2D eigenvalue weighted by molar-refractivity contribution is 6.06. The fraction of sp³-hybridized carbons (Fsp3) is 0.105. The molecule has 0 atom stereocenters. The van der Waals surface area contributed by atoms with E-state index in [2.05, 4.69) is 20.4 Å². The maximum absolute atomic E-state index is 12.5. The van der Waals surface area contributed by atoms with E-state index in [4.69, 9.17) is 0 Å². The van der Waals surface area contributed by atoms with Gasteiger partial charge in [-0.15, -0.1) is 0 Å². The summed E-state index contributed by atoms with van der Waals surface area (Å²) in [5, 5.41) is 6.35. The van der Waals surface area contributed by atoms with Crippen LogP contribution < -0.4 is 16.2 Å². The fourth-order valence-corrected chi connectivity index (χ4v) is 2.65. The highest BCUT2D eigenvalue weighted by Crippen LogP contribution is 2.20. The molecule has 0 spiro atoms. The molecule has 0 aliphatic carbocycles. The van der Waals surface area contributed by atoms with Gasteiger partial charge in [0.15, 0.2) is 0 Å². The molecule has 0 aliphatic heterocycles. The Morgan fingerprint density at radius 2 is 1.85 bits per heavy atom. The Hall–Kier alpha value is -3.61. The molecule has 2 aromatic carbocycles. The molecule has 0 fully saturated rings. The molecule has 3 rings (SSSR count). The molecule has 0 unspecified atom stereocenters. The lowest BCUT2D eigenvalue weighted by molar-refractivity contribution is 0.0600. The molecule has 3 aromatic rings. The molecular weight excluding hydrogens is 334 g/mol. The maximum Gasteiger partial charge on any atom is 0.337 e. The van der Waals surface area contributed by atoms with Crippen LogP contribution in [-0.2, 0) is 4.74 Å². The lowest BCUT2D eigenvalue weighted by atomic mass is 10.1. The average Bonchev–Trinajstić information content (AvgIpc) is 2.66. The molecule has 1 aromatic heterocycles. The number of methoxy groups -OCH3 is 1. The van der Waals surface area contributed by atoms with E-state index in [0.29, 0.717) is 16.8 Å². The van der Waals surface area contributed by atoms with Crippen molar-refractivity contribution in [3.63, 3.8) is 0 Å². The Kier molecular flexibility index (Phi) is 4.70. The molecule has 3 N–H and O–H groups in total. The Labute approximate surface area is 149 Å². The number of esters is 1. The van der Waals surface area contributed by atoms with E-state index >= 15 is 0 Å². The number of hydrogen-bond acceptors (Lipinski definition) is 5. The number of hydrogen-bond donors (Lipinski definition) is 3. The largest absolute Gasteiger partial charge is 0.465 e. The van der Waals surface area contributed by atoms with Crippen molar-refractivity contribution in [3.05, 3.63) is 70.0 Å². The molecule has 26 heavy (non-hydrogen) atoms. The second-order valence-electron chi connectivity index (χ2n) is 5.56. The summed E-state index contributed by atoms with van der Waals surface area (Å²) in [7, 11) is 3.03. The van der Waals surface area contributed by atoms with Crippen LogP contribution >= 0.6 is 0 Å². The van der Waals surface area contributed by atoms with Gasteiger partial charge in [-0.2, -0.15) is 0 Å². The van der Waals surface area contributed by atoms with Crippen LogP contribution in [0.2, 0.25) is 0 Å². The second-order valence-corrected chi connectivity index (χ2v) is 5.56. The van der Waals surface area contributed by atoms with Gasteiger partial charge in [-0.05, 0) is 30.3 Å². The highest BCUT2D eigenvalue weighted by Gasteiger charge is 2.14. The Bertz CT molecular complexity index is 1060.